The first-order valence-electron chi connectivity index (χ1n) is 9.51. The van der Waals surface area contributed by atoms with E-state index in [2.05, 4.69) is 16.2 Å². The van der Waals surface area contributed by atoms with Crippen molar-refractivity contribution < 1.29 is 22.8 Å². The number of nitrogens with zero attached hydrogens (tertiary/aromatic N) is 1. The molecule has 166 valence electrons. The smallest absolute Gasteiger partial charge is 0.312 e. The number of primary amides is 1. The van der Waals surface area contributed by atoms with E-state index in [1.807, 2.05) is 6.26 Å². The Morgan fingerprint density at radius 2 is 1.87 bits per heavy atom. The van der Waals surface area contributed by atoms with Gasteiger partial charge in [0.15, 0.2) is 0 Å². The van der Waals surface area contributed by atoms with Gasteiger partial charge in [0.25, 0.3) is 11.8 Å². The first-order valence-corrected chi connectivity index (χ1v) is 12.3. The summed E-state index contributed by atoms with van der Waals surface area (Å²) in [7, 11) is -3.68. The van der Waals surface area contributed by atoms with Crippen LogP contribution in [0.15, 0.2) is 29.2 Å². The van der Waals surface area contributed by atoms with Crippen molar-refractivity contribution in [3.05, 3.63) is 29.8 Å². The molecule has 1 atom stereocenters. The lowest BCUT2D eigenvalue weighted by Gasteiger charge is -2.26. The van der Waals surface area contributed by atoms with Crippen molar-refractivity contribution >= 4 is 39.6 Å². The van der Waals surface area contributed by atoms with Crippen molar-refractivity contribution in [2.45, 2.75) is 36.6 Å². The molecular weight excluding hydrogens is 430 g/mol. The van der Waals surface area contributed by atoms with Crippen LogP contribution in [0.5, 0.6) is 0 Å². The average Bonchev–Trinajstić information content (AvgIpc) is 2.75. The summed E-state index contributed by atoms with van der Waals surface area (Å²) in [5, 5.41) is 2.32. The molecule has 0 radical (unpaired) electrons. The largest absolute Gasteiger partial charge is 0.352 e. The Bertz CT molecular complexity index is 871. The fourth-order valence-electron chi connectivity index (χ4n) is 3.01. The minimum Gasteiger partial charge on any atom is -0.352 e. The molecule has 30 heavy (non-hydrogen) atoms. The molecule has 0 aromatic heterocycles. The summed E-state index contributed by atoms with van der Waals surface area (Å²) in [5.41, 5.74) is 9.64. The van der Waals surface area contributed by atoms with Gasteiger partial charge in [-0.2, -0.15) is 16.1 Å². The zero-order chi connectivity index (χ0) is 22.1. The van der Waals surface area contributed by atoms with Gasteiger partial charge in [0, 0.05) is 18.7 Å². The molecule has 1 aromatic rings. The van der Waals surface area contributed by atoms with E-state index in [1.54, 1.807) is 0 Å². The molecule has 4 amide bonds. The predicted octanol–water partition coefficient (Wildman–Crippen LogP) is 0.412. The Kier molecular flexibility index (Phi) is 8.93. The molecule has 0 spiro atoms. The van der Waals surface area contributed by atoms with Crippen LogP contribution < -0.4 is 21.9 Å². The molecular formula is C18H27N5O5S2. The summed E-state index contributed by atoms with van der Waals surface area (Å²) >= 11 is 1.49. The van der Waals surface area contributed by atoms with E-state index in [0.717, 1.165) is 19.3 Å². The maximum atomic E-state index is 12.8. The zero-order valence-corrected chi connectivity index (χ0v) is 18.4. The number of nitrogens with two attached hydrogens (primary N) is 1. The molecule has 0 unspecified atom stereocenters. The minimum absolute atomic E-state index is 0.0246. The lowest BCUT2D eigenvalue weighted by atomic mass is 10.2. The highest BCUT2D eigenvalue weighted by Gasteiger charge is 2.26. The van der Waals surface area contributed by atoms with Gasteiger partial charge in [-0.25, -0.2) is 13.2 Å². The van der Waals surface area contributed by atoms with Gasteiger partial charge in [-0.1, -0.05) is 12.5 Å². The van der Waals surface area contributed by atoms with Gasteiger partial charge in [-0.05, 0) is 49.5 Å². The summed E-state index contributed by atoms with van der Waals surface area (Å²) in [6.07, 6.45) is 4.79. The number of hydrazine groups is 1. The summed E-state index contributed by atoms with van der Waals surface area (Å²) in [6.45, 7) is 0.915. The van der Waals surface area contributed by atoms with E-state index in [4.69, 9.17) is 5.73 Å². The number of urea groups is 1. The van der Waals surface area contributed by atoms with Crippen LogP contribution in [0.25, 0.3) is 0 Å². The van der Waals surface area contributed by atoms with Gasteiger partial charge >= 0.3 is 6.03 Å². The van der Waals surface area contributed by atoms with Gasteiger partial charge in [0.1, 0.15) is 6.04 Å². The molecule has 5 N–H and O–H groups in total. The molecule has 1 saturated heterocycles. The van der Waals surface area contributed by atoms with Crippen molar-refractivity contribution in [1.29, 1.82) is 0 Å². The van der Waals surface area contributed by atoms with Crippen molar-refractivity contribution in [2.24, 2.45) is 5.73 Å². The number of benzene rings is 1. The van der Waals surface area contributed by atoms with Crippen molar-refractivity contribution in [3.8, 4) is 0 Å². The maximum Gasteiger partial charge on any atom is 0.312 e. The Labute approximate surface area is 180 Å². The van der Waals surface area contributed by atoms with Crippen LogP contribution in [-0.2, 0) is 14.8 Å². The normalized spacial score (nSPS) is 15.8. The second kappa shape index (κ2) is 11.2. The molecule has 12 heteroatoms. The molecule has 2 rings (SSSR count). The number of nitrogens with one attached hydrogen (secondary N) is 3. The maximum absolute atomic E-state index is 12.8. The number of sulfonamides is 1. The first kappa shape index (κ1) is 24.0. The molecule has 1 fully saturated rings. The van der Waals surface area contributed by atoms with Gasteiger partial charge in [0.05, 0.1) is 4.90 Å². The third-order valence-corrected chi connectivity index (χ3v) is 7.13. The van der Waals surface area contributed by atoms with Crippen LogP contribution in [0.1, 0.15) is 36.0 Å². The third-order valence-electron chi connectivity index (χ3n) is 4.59. The highest BCUT2D eigenvalue weighted by atomic mass is 32.2. The van der Waals surface area contributed by atoms with Gasteiger partial charge in [-0.3, -0.25) is 20.4 Å². The number of hydrogen-bond acceptors (Lipinski definition) is 6. The molecule has 1 aliphatic heterocycles. The molecule has 0 aliphatic carbocycles. The van der Waals surface area contributed by atoms with Crippen molar-refractivity contribution in [1.82, 2.24) is 20.5 Å². The van der Waals surface area contributed by atoms with E-state index < -0.39 is 33.9 Å². The third kappa shape index (κ3) is 6.61. The van der Waals surface area contributed by atoms with Crippen LogP contribution in [0.3, 0.4) is 0 Å². The van der Waals surface area contributed by atoms with E-state index in [9.17, 15) is 22.8 Å². The van der Waals surface area contributed by atoms with E-state index in [0.29, 0.717) is 25.3 Å². The van der Waals surface area contributed by atoms with Crippen LogP contribution in [0.4, 0.5) is 4.79 Å². The summed E-state index contributed by atoms with van der Waals surface area (Å²) in [5.74, 6) is -0.710. The van der Waals surface area contributed by atoms with E-state index >= 15 is 0 Å². The number of thioether (sulfide) groups is 1. The van der Waals surface area contributed by atoms with Gasteiger partial charge < -0.3 is 11.1 Å². The highest BCUT2D eigenvalue weighted by molar-refractivity contribution is 7.98. The number of hydrogen-bond donors (Lipinski definition) is 4. The van der Waals surface area contributed by atoms with Crippen LogP contribution in [0.2, 0.25) is 0 Å². The molecule has 1 heterocycles. The Morgan fingerprint density at radius 3 is 2.50 bits per heavy atom. The fraction of sp³-hybridized carbons (Fsp3) is 0.500. The molecule has 10 nitrogen and oxygen atoms in total. The fourth-order valence-corrected chi connectivity index (χ4v) is 5.04. The highest BCUT2D eigenvalue weighted by Crippen LogP contribution is 2.21. The predicted molar refractivity (Wildman–Crippen MR) is 114 cm³/mol. The van der Waals surface area contributed by atoms with Crippen molar-refractivity contribution in [3.63, 3.8) is 0 Å². The number of rotatable bonds is 8. The number of piperidine rings is 1. The Balaban J connectivity index is 2.04. The Morgan fingerprint density at radius 1 is 1.17 bits per heavy atom. The standard InChI is InChI=1S/C18H27N5O5S2/c1-29-11-8-15(20-18(19)26)17(25)22-21-16(24)13-6-5-7-14(12-13)30(27,28)23-9-3-2-4-10-23/h5-7,12,15H,2-4,8-11H2,1H3,(H,21,24)(H,22,25)(H3,19,20,26)/t15-/m1/s1. The zero-order valence-electron chi connectivity index (χ0n) is 16.7. The van der Waals surface area contributed by atoms with Crippen LogP contribution in [0, 0.1) is 0 Å². The monoisotopic (exact) mass is 457 g/mol. The second-order valence-electron chi connectivity index (χ2n) is 6.78. The van der Waals surface area contributed by atoms with Gasteiger partial charge in [-0.15, -0.1) is 0 Å². The number of amides is 4. The average molecular weight is 458 g/mol. The second-order valence-corrected chi connectivity index (χ2v) is 9.70. The Hall–Kier alpha value is -2.31. The van der Waals surface area contributed by atoms with Gasteiger partial charge in [0.2, 0.25) is 10.0 Å². The SMILES string of the molecule is CSCC[C@@H](NC(N)=O)C(=O)NNC(=O)c1cccc(S(=O)(=O)N2CCCCC2)c1. The summed E-state index contributed by atoms with van der Waals surface area (Å²) < 4.78 is 27.0. The lowest BCUT2D eigenvalue weighted by Crippen LogP contribution is -2.53. The van der Waals surface area contributed by atoms with Crippen LogP contribution >= 0.6 is 11.8 Å². The first-order chi connectivity index (χ1) is 14.3. The summed E-state index contributed by atoms with van der Waals surface area (Å²) in [4.78, 5) is 35.8. The summed E-state index contributed by atoms with van der Waals surface area (Å²) in [6, 6.07) is 3.89. The number of carbonyl (C=O) groups excluding carboxylic acids is 3. The minimum atomic E-state index is -3.68. The molecule has 0 bridgehead atoms. The number of carbonyl (C=O) groups is 3. The molecule has 1 aromatic carbocycles. The van der Waals surface area contributed by atoms with E-state index in [1.165, 1.54) is 40.3 Å². The quantitative estimate of drug-likeness (QED) is 0.415. The van der Waals surface area contributed by atoms with E-state index in [-0.39, 0.29) is 10.5 Å². The molecule has 1 aliphatic rings. The topological polar surface area (TPSA) is 151 Å². The van der Waals surface area contributed by atoms with Crippen LogP contribution in [-0.4, -0.2) is 61.7 Å². The lowest BCUT2D eigenvalue weighted by molar-refractivity contribution is -0.123. The molecule has 0 saturated carbocycles. The van der Waals surface area contributed by atoms with Crippen molar-refractivity contribution in [2.75, 3.05) is 25.1 Å².